The van der Waals surface area contributed by atoms with Gasteiger partial charge in [-0.3, -0.25) is 9.59 Å². The molecule has 20 heavy (non-hydrogen) atoms. The first-order valence-electron chi connectivity index (χ1n) is 6.84. The lowest BCUT2D eigenvalue weighted by Crippen LogP contribution is -2.48. The molecule has 0 aliphatic carbocycles. The number of hydrogen-bond acceptors (Lipinski definition) is 3. The molecule has 0 saturated carbocycles. The highest BCUT2D eigenvalue weighted by Gasteiger charge is 2.24. The van der Waals surface area contributed by atoms with Crippen LogP contribution in [-0.2, 0) is 4.79 Å². The number of halogens is 1. The number of carbonyl (C=O) groups excluding carboxylic acids is 2. The van der Waals surface area contributed by atoms with E-state index in [1.807, 2.05) is 17.9 Å². The molecule has 1 unspecified atom stereocenters. The lowest BCUT2D eigenvalue weighted by molar-refractivity contribution is -0.133. The van der Waals surface area contributed by atoms with Gasteiger partial charge in [0.1, 0.15) is 6.04 Å². The molecule has 1 aromatic rings. The molecule has 1 aliphatic heterocycles. The fourth-order valence-electron chi connectivity index (χ4n) is 2.29. The zero-order valence-corrected chi connectivity index (χ0v) is 14.1. The molecule has 1 aromatic heterocycles. The Bertz CT molecular complexity index is 490. The van der Waals surface area contributed by atoms with Gasteiger partial charge in [-0.2, -0.15) is 0 Å². The molecule has 4 nitrogen and oxygen atoms in total. The van der Waals surface area contributed by atoms with E-state index in [1.54, 1.807) is 6.92 Å². The Balaban J connectivity index is 1.94. The van der Waals surface area contributed by atoms with E-state index in [-0.39, 0.29) is 11.8 Å². The summed E-state index contributed by atoms with van der Waals surface area (Å²) in [5.74, 6) is -0.160. The summed E-state index contributed by atoms with van der Waals surface area (Å²) in [5.41, 5.74) is 1.04. The Morgan fingerprint density at radius 1 is 1.35 bits per heavy atom. The number of likely N-dealkylation sites (tertiary alicyclic amines) is 1. The predicted octanol–water partition coefficient (Wildman–Crippen LogP) is 2.95. The molecular weight excluding hydrogens is 340 g/mol. The monoisotopic (exact) mass is 358 g/mol. The Kier molecular flexibility index (Phi) is 5.21. The first-order valence-corrected chi connectivity index (χ1v) is 8.45. The molecule has 1 atom stereocenters. The van der Waals surface area contributed by atoms with E-state index >= 15 is 0 Å². The summed E-state index contributed by atoms with van der Waals surface area (Å²) in [6.45, 7) is 5.31. The fourth-order valence-corrected chi connectivity index (χ4v) is 3.73. The normalized spacial score (nSPS) is 16.9. The minimum absolute atomic E-state index is 0.0189. The number of nitrogens with zero attached hydrogens (tertiary/aromatic N) is 1. The van der Waals surface area contributed by atoms with Gasteiger partial charge in [-0.05, 0) is 60.7 Å². The number of aryl methyl sites for hydroxylation is 1. The van der Waals surface area contributed by atoms with E-state index < -0.39 is 6.04 Å². The van der Waals surface area contributed by atoms with Gasteiger partial charge in [0.25, 0.3) is 5.91 Å². The molecule has 2 rings (SSSR count). The van der Waals surface area contributed by atoms with Crippen LogP contribution in [0.25, 0.3) is 0 Å². The van der Waals surface area contributed by atoms with E-state index in [0.717, 1.165) is 35.3 Å². The van der Waals surface area contributed by atoms with Crippen molar-refractivity contribution in [2.45, 2.75) is 39.2 Å². The summed E-state index contributed by atoms with van der Waals surface area (Å²) in [4.78, 5) is 26.8. The van der Waals surface area contributed by atoms with Gasteiger partial charge in [0.2, 0.25) is 5.91 Å². The summed E-state index contributed by atoms with van der Waals surface area (Å²) in [5, 5.41) is 2.79. The molecule has 0 spiro atoms. The van der Waals surface area contributed by atoms with E-state index in [2.05, 4.69) is 21.2 Å². The van der Waals surface area contributed by atoms with Crippen molar-refractivity contribution in [3.05, 3.63) is 20.3 Å². The minimum atomic E-state index is -0.471. The highest BCUT2D eigenvalue weighted by atomic mass is 79.9. The van der Waals surface area contributed by atoms with Gasteiger partial charge >= 0.3 is 0 Å². The highest BCUT2D eigenvalue weighted by Crippen LogP contribution is 2.27. The quantitative estimate of drug-likeness (QED) is 0.902. The molecule has 2 heterocycles. The predicted molar refractivity (Wildman–Crippen MR) is 84.1 cm³/mol. The lowest BCUT2D eigenvalue weighted by atomic mass is 10.1. The minimum Gasteiger partial charge on any atom is -0.341 e. The van der Waals surface area contributed by atoms with Crippen LogP contribution in [-0.4, -0.2) is 35.8 Å². The summed E-state index contributed by atoms with van der Waals surface area (Å²) >= 11 is 4.80. The van der Waals surface area contributed by atoms with Gasteiger partial charge in [0.05, 0.1) is 8.66 Å². The van der Waals surface area contributed by atoms with Crippen molar-refractivity contribution < 1.29 is 9.59 Å². The zero-order valence-electron chi connectivity index (χ0n) is 11.7. The molecule has 2 amide bonds. The van der Waals surface area contributed by atoms with Crippen LogP contribution < -0.4 is 5.32 Å². The summed E-state index contributed by atoms with van der Waals surface area (Å²) in [6.07, 6.45) is 3.31. The second-order valence-corrected chi connectivity index (χ2v) is 7.52. The Morgan fingerprint density at radius 3 is 2.55 bits per heavy atom. The number of piperidine rings is 1. The molecule has 110 valence electrons. The lowest BCUT2D eigenvalue weighted by Gasteiger charge is -2.29. The average molecular weight is 359 g/mol. The van der Waals surface area contributed by atoms with Crippen LogP contribution in [0.1, 0.15) is 41.4 Å². The van der Waals surface area contributed by atoms with Gasteiger partial charge in [0.15, 0.2) is 0 Å². The maximum atomic E-state index is 12.2. The second kappa shape index (κ2) is 6.72. The van der Waals surface area contributed by atoms with Crippen LogP contribution in [0.4, 0.5) is 0 Å². The molecule has 6 heteroatoms. The van der Waals surface area contributed by atoms with Crippen LogP contribution in [0.3, 0.4) is 0 Å². The molecular formula is C14H19BrN2O2S. The first kappa shape index (κ1) is 15.5. The van der Waals surface area contributed by atoms with E-state index in [0.29, 0.717) is 4.88 Å². The molecule has 0 radical (unpaired) electrons. The van der Waals surface area contributed by atoms with Gasteiger partial charge in [-0.25, -0.2) is 0 Å². The van der Waals surface area contributed by atoms with Gasteiger partial charge in [0, 0.05) is 13.1 Å². The topological polar surface area (TPSA) is 49.4 Å². The molecule has 0 aromatic carbocycles. The smallest absolute Gasteiger partial charge is 0.262 e. The third-order valence-electron chi connectivity index (χ3n) is 3.47. The van der Waals surface area contributed by atoms with Crippen molar-refractivity contribution in [2.24, 2.45) is 0 Å². The maximum Gasteiger partial charge on any atom is 0.262 e. The third kappa shape index (κ3) is 3.61. The zero-order chi connectivity index (χ0) is 14.7. The summed E-state index contributed by atoms with van der Waals surface area (Å²) < 4.78 is 0.956. The molecule has 1 saturated heterocycles. The van der Waals surface area contributed by atoms with E-state index in [4.69, 9.17) is 0 Å². The van der Waals surface area contributed by atoms with Crippen LogP contribution >= 0.6 is 27.3 Å². The van der Waals surface area contributed by atoms with Crippen molar-refractivity contribution in [2.75, 3.05) is 13.1 Å². The van der Waals surface area contributed by atoms with Crippen molar-refractivity contribution in [3.63, 3.8) is 0 Å². The number of hydrogen-bond donors (Lipinski definition) is 1. The number of amides is 2. The van der Waals surface area contributed by atoms with Crippen molar-refractivity contribution in [3.8, 4) is 0 Å². The summed E-state index contributed by atoms with van der Waals surface area (Å²) in [7, 11) is 0. The van der Waals surface area contributed by atoms with Gasteiger partial charge in [-0.15, -0.1) is 11.3 Å². The highest BCUT2D eigenvalue weighted by molar-refractivity contribution is 9.11. The Hall–Kier alpha value is -0.880. The van der Waals surface area contributed by atoms with Gasteiger partial charge in [-0.1, -0.05) is 0 Å². The van der Waals surface area contributed by atoms with Crippen molar-refractivity contribution >= 4 is 39.1 Å². The Morgan fingerprint density at radius 2 is 2.00 bits per heavy atom. The molecule has 1 fully saturated rings. The summed E-state index contributed by atoms with van der Waals surface area (Å²) in [6, 6.07) is 1.36. The van der Waals surface area contributed by atoms with Crippen LogP contribution in [0.5, 0.6) is 0 Å². The first-order chi connectivity index (χ1) is 9.49. The second-order valence-electron chi connectivity index (χ2n) is 5.15. The molecule has 1 N–H and O–H groups in total. The molecule has 0 bridgehead atoms. The maximum absolute atomic E-state index is 12.2. The SMILES string of the molecule is Cc1cc(C(=O)NC(C)C(=O)N2CCCCC2)sc1Br. The van der Waals surface area contributed by atoms with Crippen LogP contribution in [0, 0.1) is 6.92 Å². The van der Waals surface area contributed by atoms with Crippen LogP contribution in [0.2, 0.25) is 0 Å². The number of carbonyl (C=O) groups is 2. The van der Waals surface area contributed by atoms with E-state index in [1.165, 1.54) is 17.8 Å². The number of nitrogens with one attached hydrogen (secondary N) is 1. The standard InChI is InChI=1S/C14H19BrN2O2S/c1-9-8-11(20-12(9)15)13(18)16-10(2)14(19)17-6-4-3-5-7-17/h8,10H,3-7H2,1-2H3,(H,16,18). The number of thiophene rings is 1. The fraction of sp³-hybridized carbons (Fsp3) is 0.571. The number of rotatable bonds is 3. The van der Waals surface area contributed by atoms with Crippen LogP contribution in [0.15, 0.2) is 9.85 Å². The van der Waals surface area contributed by atoms with E-state index in [9.17, 15) is 9.59 Å². The third-order valence-corrected chi connectivity index (χ3v) is 5.60. The van der Waals surface area contributed by atoms with Gasteiger partial charge < -0.3 is 10.2 Å². The molecule has 1 aliphatic rings. The van der Waals surface area contributed by atoms with Crippen molar-refractivity contribution in [1.82, 2.24) is 10.2 Å². The Labute approximate surface area is 131 Å². The average Bonchev–Trinajstić information content (AvgIpc) is 2.79. The largest absolute Gasteiger partial charge is 0.341 e. The van der Waals surface area contributed by atoms with Crippen molar-refractivity contribution in [1.29, 1.82) is 0 Å².